The molecule has 1 heterocycles. The van der Waals surface area contributed by atoms with Gasteiger partial charge in [-0.2, -0.15) is 0 Å². The predicted octanol–water partition coefficient (Wildman–Crippen LogP) is 2.60. The summed E-state index contributed by atoms with van der Waals surface area (Å²) < 4.78 is 13.8. The number of halogens is 1. The zero-order valence-corrected chi connectivity index (χ0v) is 10.9. The first-order valence-corrected chi connectivity index (χ1v) is 6.89. The molecule has 2 aromatic rings. The summed E-state index contributed by atoms with van der Waals surface area (Å²) in [4.78, 5) is 15.7. The van der Waals surface area contributed by atoms with E-state index >= 15 is 0 Å². The number of anilines is 2. The molecule has 0 spiro atoms. The van der Waals surface area contributed by atoms with Crippen molar-refractivity contribution in [1.82, 2.24) is 4.98 Å². The smallest absolute Gasteiger partial charge is 0.234 e. The first-order chi connectivity index (χ1) is 8.65. The fourth-order valence-electron chi connectivity index (χ4n) is 1.23. The quantitative estimate of drug-likeness (QED) is 0.668. The molecule has 3 N–H and O–H groups in total. The van der Waals surface area contributed by atoms with Gasteiger partial charge in [0.2, 0.25) is 5.91 Å². The molecular weight excluding hydrogens is 273 g/mol. The molecule has 0 atom stereocenters. The summed E-state index contributed by atoms with van der Waals surface area (Å²) in [5.74, 6) is -0.469. The normalized spacial score (nSPS) is 10.3. The van der Waals surface area contributed by atoms with E-state index in [-0.39, 0.29) is 11.7 Å². The zero-order chi connectivity index (χ0) is 13.0. The monoisotopic (exact) mass is 283 g/mol. The van der Waals surface area contributed by atoms with E-state index < -0.39 is 5.82 Å². The molecule has 94 valence electrons. The molecule has 0 fully saturated rings. The minimum atomic E-state index is -0.438. The van der Waals surface area contributed by atoms with E-state index in [0.717, 1.165) is 4.34 Å². The van der Waals surface area contributed by atoms with E-state index in [9.17, 15) is 9.18 Å². The molecular formula is C11H10FN3OS2. The topological polar surface area (TPSA) is 68.0 Å². The Morgan fingerprint density at radius 3 is 3.11 bits per heavy atom. The number of carbonyl (C=O) groups excluding carboxylic acids is 1. The van der Waals surface area contributed by atoms with Crippen LogP contribution in [0.2, 0.25) is 0 Å². The number of amides is 1. The Morgan fingerprint density at radius 2 is 2.39 bits per heavy atom. The Morgan fingerprint density at radius 1 is 1.56 bits per heavy atom. The Balaban J connectivity index is 1.92. The van der Waals surface area contributed by atoms with Gasteiger partial charge in [0.05, 0.1) is 17.1 Å². The maximum absolute atomic E-state index is 13.0. The molecule has 0 radical (unpaired) electrons. The Labute approximate surface area is 111 Å². The van der Waals surface area contributed by atoms with Gasteiger partial charge in [0.25, 0.3) is 0 Å². The molecule has 0 aliphatic rings. The lowest BCUT2D eigenvalue weighted by atomic mass is 10.2. The van der Waals surface area contributed by atoms with Crippen molar-refractivity contribution in [2.24, 2.45) is 0 Å². The molecule has 2 rings (SSSR count). The number of nitrogens with one attached hydrogen (secondary N) is 1. The van der Waals surface area contributed by atoms with Crippen molar-refractivity contribution in [3.63, 3.8) is 0 Å². The Hall–Kier alpha value is -1.60. The van der Waals surface area contributed by atoms with E-state index in [1.807, 2.05) is 5.38 Å². The van der Waals surface area contributed by atoms with E-state index in [2.05, 4.69) is 10.3 Å². The minimum Gasteiger partial charge on any atom is -0.397 e. The van der Waals surface area contributed by atoms with Crippen LogP contribution >= 0.6 is 23.1 Å². The van der Waals surface area contributed by atoms with E-state index in [1.54, 1.807) is 6.20 Å². The maximum Gasteiger partial charge on any atom is 0.234 e. The van der Waals surface area contributed by atoms with Crippen LogP contribution in [0.4, 0.5) is 15.8 Å². The van der Waals surface area contributed by atoms with Gasteiger partial charge < -0.3 is 11.1 Å². The van der Waals surface area contributed by atoms with Gasteiger partial charge in [-0.1, -0.05) is 11.8 Å². The number of nitrogens with two attached hydrogens (primary N) is 1. The van der Waals surface area contributed by atoms with Crippen molar-refractivity contribution >= 4 is 40.4 Å². The maximum atomic E-state index is 13.0. The van der Waals surface area contributed by atoms with Crippen molar-refractivity contribution < 1.29 is 9.18 Å². The molecule has 0 saturated carbocycles. The summed E-state index contributed by atoms with van der Waals surface area (Å²) >= 11 is 2.79. The standard InChI is InChI=1S/C11H10FN3OS2/c12-7-1-2-8(13)9(5-7)15-10(16)6-18-11-14-3-4-17-11/h1-5H,6,13H2,(H,15,16). The lowest BCUT2D eigenvalue weighted by molar-refractivity contribution is -0.113. The number of hydrogen-bond acceptors (Lipinski definition) is 5. The molecule has 18 heavy (non-hydrogen) atoms. The number of nitrogen functional groups attached to an aromatic ring is 1. The average Bonchev–Trinajstić information content (AvgIpc) is 2.84. The fourth-order valence-corrected chi connectivity index (χ4v) is 2.67. The van der Waals surface area contributed by atoms with Gasteiger partial charge in [0, 0.05) is 11.6 Å². The highest BCUT2D eigenvalue weighted by atomic mass is 32.2. The van der Waals surface area contributed by atoms with Crippen molar-refractivity contribution in [3.05, 3.63) is 35.6 Å². The third kappa shape index (κ3) is 3.44. The van der Waals surface area contributed by atoms with Gasteiger partial charge in [0.15, 0.2) is 0 Å². The van der Waals surface area contributed by atoms with Crippen LogP contribution in [-0.4, -0.2) is 16.6 Å². The van der Waals surface area contributed by atoms with E-state index in [1.165, 1.54) is 41.3 Å². The number of aromatic nitrogens is 1. The number of thioether (sulfide) groups is 1. The lowest BCUT2D eigenvalue weighted by Gasteiger charge is -2.07. The molecule has 1 amide bonds. The number of rotatable bonds is 4. The minimum absolute atomic E-state index is 0.212. The van der Waals surface area contributed by atoms with Gasteiger partial charge in [0.1, 0.15) is 10.2 Å². The number of hydrogen-bond donors (Lipinski definition) is 2. The van der Waals surface area contributed by atoms with Crippen molar-refractivity contribution in [3.8, 4) is 0 Å². The van der Waals surface area contributed by atoms with Crippen LogP contribution < -0.4 is 11.1 Å². The molecule has 0 saturated heterocycles. The number of nitrogens with zero attached hydrogens (tertiary/aromatic N) is 1. The largest absolute Gasteiger partial charge is 0.397 e. The van der Waals surface area contributed by atoms with E-state index in [4.69, 9.17) is 5.73 Å². The first kappa shape index (κ1) is 12.8. The van der Waals surface area contributed by atoms with Gasteiger partial charge in [-0.25, -0.2) is 9.37 Å². The molecule has 4 nitrogen and oxygen atoms in total. The number of benzene rings is 1. The Kier molecular flexibility index (Phi) is 4.16. The van der Waals surface area contributed by atoms with Crippen LogP contribution in [0.5, 0.6) is 0 Å². The van der Waals surface area contributed by atoms with Gasteiger partial charge in [-0.05, 0) is 18.2 Å². The van der Waals surface area contributed by atoms with Crippen molar-refractivity contribution in [2.75, 3.05) is 16.8 Å². The summed E-state index contributed by atoms with van der Waals surface area (Å²) in [7, 11) is 0. The van der Waals surface area contributed by atoms with Gasteiger partial charge >= 0.3 is 0 Å². The highest BCUT2D eigenvalue weighted by Gasteiger charge is 2.08. The van der Waals surface area contributed by atoms with Crippen LogP contribution in [0, 0.1) is 5.82 Å². The van der Waals surface area contributed by atoms with Crippen LogP contribution in [-0.2, 0) is 4.79 Å². The predicted molar refractivity (Wildman–Crippen MR) is 72.3 cm³/mol. The second kappa shape index (κ2) is 5.83. The molecule has 0 aliphatic carbocycles. The summed E-state index contributed by atoms with van der Waals surface area (Å²) in [5, 5.41) is 4.40. The second-order valence-electron chi connectivity index (χ2n) is 3.37. The zero-order valence-electron chi connectivity index (χ0n) is 9.22. The SMILES string of the molecule is Nc1ccc(F)cc1NC(=O)CSc1nccs1. The summed E-state index contributed by atoms with van der Waals surface area (Å²) in [6.45, 7) is 0. The van der Waals surface area contributed by atoms with Crippen LogP contribution in [0.1, 0.15) is 0 Å². The van der Waals surface area contributed by atoms with Crippen molar-refractivity contribution in [1.29, 1.82) is 0 Å². The number of carbonyl (C=O) groups is 1. The fraction of sp³-hybridized carbons (Fsp3) is 0.0909. The third-order valence-corrected chi connectivity index (χ3v) is 3.99. The van der Waals surface area contributed by atoms with Gasteiger partial charge in [-0.15, -0.1) is 11.3 Å². The second-order valence-corrected chi connectivity index (χ2v) is 5.48. The average molecular weight is 283 g/mol. The molecule has 0 unspecified atom stereocenters. The summed E-state index contributed by atoms with van der Waals surface area (Å²) in [6, 6.07) is 3.86. The molecule has 1 aromatic heterocycles. The lowest BCUT2D eigenvalue weighted by Crippen LogP contribution is -2.15. The third-order valence-electron chi connectivity index (χ3n) is 2.03. The molecule has 0 bridgehead atoms. The highest BCUT2D eigenvalue weighted by Crippen LogP contribution is 2.22. The summed E-state index contributed by atoms with van der Waals surface area (Å²) in [5.41, 5.74) is 6.26. The molecule has 7 heteroatoms. The van der Waals surface area contributed by atoms with Crippen LogP contribution in [0.3, 0.4) is 0 Å². The first-order valence-electron chi connectivity index (χ1n) is 5.02. The van der Waals surface area contributed by atoms with Gasteiger partial charge in [-0.3, -0.25) is 4.79 Å². The highest BCUT2D eigenvalue weighted by molar-refractivity contribution is 8.01. The van der Waals surface area contributed by atoms with E-state index in [0.29, 0.717) is 11.4 Å². The number of thiazole rings is 1. The van der Waals surface area contributed by atoms with Crippen LogP contribution in [0.15, 0.2) is 34.1 Å². The summed E-state index contributed by atoms with van der Waals surface area (Å²) in [6.07, 6.45) is 1.68. The van der Waals surface area contributed by atoms with Crippen LogP contribution in [0.25, 0.3) is 0 Å². The van der Waals surface area contributed by atoms with Crippen molar-refractivity contribution in [2.45, 2.75) is 4.34 Å². The Bertz CT molecular complexity index is 545. The molecule has 1 aromatic carbocycles. The molecule has 0 aliphatic heterocycles.